The van der Waals surface area contributed by atoms with Crippen molar-refractivity contribution < 1.29 is 37.0 Å². The van der Waals surface area contributed by atoms with E-state index in [1.165, 1.54) is 0 Å². The number of halogens is 3. The van der Waals surface area contributed by atoms with Crippen molar-refractivity contribution in [2.45, 2.75) is 57.5 Å². The van der Waals surface area contributed by atoms with Gasteiger partial charge in [-0.05, 0) is 33.1 Å². The van der Waals surface area contributed by atoms with E-state index in [1.54, 1.807) is 4.90 Å². The molecule has 2 aliphatic heterocycles. The maximum absolute atomic E-state index is 13.3. The van der Waals surface area contributed by atoms with E-state index in [1.807, 2.05) is 32.5 Å². The largest absolute Gasteiger partial charge is 0.460 e. The van der Waals surface area contributed by atoms with Crippen LogP contribution in [0.1, 0.15) is 33.6 Å². The lowest BCUT2D eigenvalue weighted by molar-refractivity contribution is -0.193. The highest BCUT2D eigenvalue weighted by atomic mass is 32.2. The average molecular weight is 493 g/mol. The molecule has 186 valence electrons. The van der Waals surface area contributed by atoms with Crippen LogP contribution < -0.4 is 0 Å². The Bertz CT molecular complexity index is 796. The van der Waals surface area contributed by atoms with Gasteiger partial charge in [-0.15, -0.1) is 0 Å². The van der Waals surface area contributed by atoms with Crippen LogP contribution in [0, 0.1) is 23.7 Å². The van der Waals surface area contributed by atoms with Gasteiger partial charge in [-0.3, -0.25) is 14.4 Å². The second-order valence-corrected chi connectivity index (χ2v) is 11.6. The topological polar surface area (TPSA) is 76.2 Å². The van der Waals surface area contributed by atoms with Crippen LogP contribution in [0.4, 0.5) is 13.2 Å². The highest BCUT2D eigenvalue weighted by Gasteiger charge is 2.72. The van der Waals surface area contributed by atoms with Gasteiger partial charge in [0.25, 0.3) is 0 Å². The molecule has 1 amide bonds. The van der Waals surface area contributed by atoms with Crippen LogP contribution in [-0.4, -0.2) is 89.3 Å². The van der Waals surface area contributed by atoms with Gasteiger partial charge in [-0.25, -0.2) is 0 Å². The zero-order valence-electron chi connectivity index (χ0n) is 19.1. The molecule has 2 bridgehead atoms. The van der Waals surface area contributed by atoms with Gasteiger partial charge in [-0.2, -0.15) is 24.9 Å². The number of carbonyl (C=O) groups excluding carboxylic acids is 3. The van der Waals surface area contributed by atoms with Gasteiger partial charge in [0.05, 0.1) is 24.3 Å². The first kappa shape index (κ1) is 24.6. The summed E-state index contributed by atoms with van der Waals surface area (Å²) in [6, 6.07) is -0.366. The van der Waals surface area contributed by atoms with Crippen LogP contribution >= 0.6 is 11.8 Å². The second kappa shape index (κ2) is 8.94. The zero-order valence-corrected chi connectivity index (χ0v) is 19.9. The Morgan fingerprint density at radius 3 is 2.39 bits per heavy atom. The molecule has 2 aliphatic carbocycles. The molecule has 0 N–H and O–H groups in total. The summed E-state index contributed by atoms with van der Waals surface area (Å²) in [5, 5.41) is 0. The number of esters is 2. The van der Waals surface area contributed by atoms with Crippen molar-refractivity contribution in [3.05, 3.63) is 0 Å². The van der Waals surface area contributed by atoms with Crippen molar-refractivity contribution in [3.63, 3.8) is 0 Å². The first-order valence-electron chi connectivity index (χ1n) is 11.4. The molecule has 0 aromatic rings. The number of hydrogen-bond donors (Lipinski definition) is 0. The number of nitrogens with zero attached hydrogens (tertiary/aromatic N) is 2. The van der Waals surface area contributed by atoms with E-state index in [-0.39, 0.29) is 24.3 Å². The maximum atomic E-state index is 13.3. The van der Waals surface area contributed by atoms with Crippen LogP contribution in [0.5, 0.6) is 0 Å². The number of alkyl halides is 3. The molecule has 0 spiro atoms. The lowest BCUT2D eigenvalue weighted by atomic mass is 9.78. The molecule has 0 aromatic carbocycles. The molecule has 33 heavy (non-hydrogen) atoms. The minimum absolute atomic E-state index is 0.196. The molecule has 7 nitrogen and oxygen atoms in total. The van der Waals surface area contributed by atoms with Crippen molar-refractivity contribution in [2.24, 2.45) is 23.7 Å². The number of amides is 1. The van der Waals surface area contributed by atoms with Crippen molar-refractivity contribution in [2.75, 3.05) is 37.7 Å². The number of thioether (sulfide) groups is 1. The normalized spacial score (nSPS) is 34.1. The molecule has 2 saturated carbocycles. The van der Waals surface area contributed by atoms with E-state index in [2.05, 4.69) is 9.64 Å². The second-order valence-electron chi connectivity index (χ2n) is 10.4. The Morgan fingerprint density at radius 1 is 1.12 bits per heavy atom. The zero-order chi connectivity index (χ0) is 24.1. The first-order valence-corrected chi connectivity index (χ1v) is 12.6. The molecular formula is C22H31F3N2O5S. The molecular weight excluding hydrogens is 461 g/mol. The molecule has 6 atom stereocenters. The Morgan fingerprint density at radius 2 is 1.79 bits per heavy atom. The van der Waals surface area contributed by atoms with E-state index in [4.69, 9.17) is 4.74 Å². The Hall–Kier alpha value is -1.49. The minimum Gasteiger partial charge on any atom is -0.460 e. The van der Waals surface area contributed by atoms with Crippen LogP contribution in [0.3, 0.4) is 0 Å². The van der Waals surface area contributed by atoms with Crippen LogP contribution in [0.15, 0.2) is 0 Å². The van der Waals surface area contributed by atoms with Gasteiger partial charge >= 0.3 is 18.1 Å². The Balaban J connectivity index is 1.50. The standard InChI is InChI=1S/C22H31F3N2O5S/c1-21(2,3)27-17-12-10-13(16(15(12)19(27)29)20(30)31-11-22(23,24)25)18(17)32-14(28)4-5-26-6-8-33-9-7-26/h12-13,15-18H,4-11H2,1-3H3. The maximum Gasteiger partial charge on any atom is 0.422 e. The summed E-state index contributed by atoms with van der Waals surface area (Å²) in [7, 11) is 0. The van der Waals surface area contributed by atoms with Crippen LogP contribution in [-0.2, 0) is 23.9 Å². The van der Waals surface area contributed by atoms with E-state index in [0.717, 1.165) is 24.6 Å². The van der Waals surface area contributed by atoms with Gasteiger partial charge in [-0.1, -0.05) is 0 Å². The van der Waals surface area contributed by atoms with Crippen molar-refractivity contribution >= 4 is 29.6 Å². The number of fused-ring (bicyclic) bond motifs is 1. The molecule has 4 aliphatic rings. The average Bonchev–Trinajstić information content (AvgIpc) is 3.33. The van der Waals surface area contributed by atoms with Gasteiger partial charge in [0.2, 0.25) is 5.91 Å². The summed E-state index contributed by atoms with van der Waals surface area (Å²) in [4.78, 5) is 42.6. The van der Waals surface area contributed by atoms with Crippen molar-refractivity contribution in [1.82, 2.24) is 9.80 Å². The summed E-state index contributed by atoms with van der Waals surface area (Å²) in [6.07, 6.45) is -4.71. The molecule has 0 radical (unpaired) electrons. The van der Waals surface area contributed by atoms with Gasteiger partial charge < -0.3 is 19.3 Å². The fraction of sp³-hybridized carbons (Fsp3) is 0.864. The van der Waals surface area contributed by atoms with Gasteiger partial charge in [0.1, 0.15) is 6.10 Å². The summed E-state index contributed by atoms with van der Waals surface area (Å²) in [5.41, 5.74) is -0.579. The van der Waals surface area contributed by atoms with Crippen molar-refractivity contribution in [1.29, 1.82) is 0 Å². The number of carbonyl (C=O) groups is 3. The van der Waals surface area contributed by atoms with E-state index < -0.39 is 54.1 Å². The summed E-state index contributed by atoms with van der Waals surface area (Å²) >= 11 is 1.88. The van der Waals surface area contributed by atoms with E-state index in [9.17, 15) is 27.6 Å². The highest BCUT2D eigenvalue weighted by molar-refractivity contribution is 7.99. The molecule has 4 rings (SSSR count). The smallest absolute Gasteiger partial charge is 0.422 e. The number of hydrogen-bond acceptors (Lipinski definition) is 7. The minimum atomic E-state index is -4.65. The molecule has 2 saturated heterocycles. The molecule has 6 unspecified atom stereocenters. The summed E-state index contributed by atoms with van der Waals surface area (Å²) < 4.78 is 48.3. The SMILES string of the molecule is CC(C)(C)N1C(=O)C2C3CC(C(OC(=O)CCN4CCSCC4)C31)C2C(=O)OCC(F)(F)F. The molecule has 11 heteroatoms. The monoisotopic (exact) mass is 492 g/mol. The van der Waals surface area contributed by atoms with Gasteiger partial charge in [0, 0.05) is 42.6 Å². The molecule has 0 aromatic heterocycles. The van der Waals surface area contributed by atoms with E-state index >= 15 is 0 Å². The Kier molecular flexibility index (Phi) is 6.67. The third kappa shape index (κ3) is 4.85. The number of ether oxygens (including phenoxy) is 2. The van der Waals surface area contributed by atoms with Crippen LogP contribution in [0.25, 0.3) is 0 Å². The fourth-order valence-corrected chi connectivity index (χ4v) is 7.08. The van der Waals surface area contributed by atoms with Crippen LogP contribution in [0.2, 0.25) is 0 Å². The first-order chi connectivity index (χ1) is 15.4. The lowest BCUT2D eigenvalue weighted by Gasteiger charge is -2.40. The number of likely N-dealkylation sites (tertiary alicyclic amines) is 1. The quantitative estimate of drug-likeness (QED) is 0.527. The van der Waals surface area contributed by atoms with Crippen molar-refractivity contribution in [3.8, 4) is 0 Å². The van der Waals surface area contributed by atoms with E-state index in [0.29, 0.717) is 13.0 Å². The fourth-order valence-electron chi connectivity index (χ4n) is 6.10. The molecule has 4 fully saturated rings. The van der Waals surface area contributed by atoms with Gasteiger partial charge in [0.15, 0.2) is 6.61 Å². The Labute approximate surface area is 195 Å². The third-order valence-corrected chi connectivity index (χ3v) is 8.19. The lowest BCUT2D eigenvalue weighted by Crippen LogP contribution is -2.53. The predicted octanol–water partition coefficient (Wildman–Crippen LogP) is 2.33. The molecule has 2 heterocycles. The summed E-state index contributed by atoms with van der Waals surface area (Å²) in [6.45, 7) is 6.32. The predicted molar refractivity (Wildman–Crippen MR) is 114 cm³/mol. The highest BCUT2D eigenvalue weighted by Crippen LogP contribution is 2.61. The summed E-state index contributed by atoms with van der Waals surface area (Å²) in [5.74, 6) is -2.15. The number of rotatable bonds is 6. The third-order valence-electron chi connectivity index (χ3n) is 7.25.